The summed E-state index contributed by atoms with van der Waals surface area (Å²) in [5.74, 6) is 0.0926. The molecule has 0 bridgehead atoms. The lowest BCUT2D eigenvalue weighted by atomic mass is 10.0. The number of hydrogen-bond donors (Lipinski definition) is 2. The Morgan fingerprint density at radius 1 is 0.782 bits per heavy atom. The van der Waals surface area contributed by atoms with Crippen LogP contribution in [0.5, 0.6) is 5.75 Å². The molecule has 0 aliphatic carbocycles. The van der Waals surface area contributed by atoms with Crippen molar-refractivity contribution in [1.82, 2.24) is 9.78 Å². The van der Waals surface area contributed by atoms with E-state index in [4.69, 9.17) is 4.74 Å². The number of nitrogens with zero attached hydrogens (tertiary/aromatic N) is 3. The maximum Gasteiger partial charge on any atom is 0.346 e. The van der Waals surface area contributed by atoms with Crippen molar-refractivity contribution < 1.29 is 19.2 Å². The van der Waals surface area contributed by atoms with Crippen LogP contribution in [0, 0.1) is 0 Å². The number of amides is 1. The summed E-state index contributed by atoms with van der Waals surface area (Å²) in [4.78, 5) is 31.3. The van der Waals surface area contributed by atoms with Crippen molar-refractivity contribution >= 4 is 23.3 Å². The van der Waals surface area contributed by atoms with E-state index in [0.29, 0.717) is 29.1 Å². The van der Waals surface area contributed by atoms with Gasteiger partial charge < -0.3 is 15.2 Å². The van der Waals surface area contributed by atoms with Crippen molar-refractivity contribution in [3.05, 3.63) is 131 Å². The molecular formula is C46H57N5O4. The number of unbranched alkanes of at least 4 members (excludes halogenated alkanes) is 12. The van der Waals surface area contributed by atoms with Gasteiger partial charge in [0.1, 0.15) is 5.75 Å². The van der Waals surface area contributed by atoms with Crippen LogP contribution in [0.1, 0.15) is 115 Å². The van der Waals surface area contributed by atoms with Crippen molar-refractivity contribution in [1.29, 1.82) is 0 Å². The third kappa shape index (κ3) is 12.6. The number of aromatic amines is 1. The summed E-state index contributed by atoms with van der Waals surface area (Å²) in [6, 6.07) is 29.1. The van der Waals surface area contributed by atoms with E-state index in [-0.39, 0.29) is 23.0 Å². The average molecular weight is 744 g/mol. The first-order valence-electron chi connectivity index (χ1n) is 20.3. The van der Waals surface area contributed by atoms with Crippen molar-refractivity contribution in [2.24, 2.45) is 4.99 Å². The van der Waals surface area contributed by atoms with E-state index >= 15 is 0 Å². The standard InChI is InChI=1S/C46H57N5O4/c1-3-5-6-7-8-9-10-11-12-13-14-15-18-24-36-25-23-28-40(35-36)55-41(4-2)45(53)47-38-29-31-39(32-30-38)51-46(54)42(50-33-21-17-22-34-50)43(49-51)48-44(52)37-26-19-16-20-27-37/h16-17,19-23,25-35,41H,3-15,18,24H2,1-2H3,(H2-,47,48,49,52,53,54). The molecule has 0 aliphatic rings. The lowest BCUT2D eigenvalue weighted by Crippen LogP contribution is -2.36. The van der Waals surface area contributed by atoms with Gasteiger partial charge in [-0.3, -0.25) is 14.7 Å². The van der Waals surface area contributed by atoms with Crippen LogP contribution in [0.3, 0.4) is 0 Å². The van der Waals surface area contributed by atoms with Gasteiger partial charge in [-0.2, -0.15) is 4.57 Å². The number of aryl methyl sites for hydroxylation is 1. The highest BCUT2D eigenvalue weighted by molar-refractivity contribution is 5.94. The minimum Gasteiger partial charge on any atom is -0.858 e. The summed E-state index contributed by atoms with van der Waals surface area (Å²) in [5, 5.41) is 19.0. The molecule has 5 rings (SSSR count). The molecule has 55 heavy (non-hydrogen) atoms. The molecule has 0 saturated heterocycles. The molecule has 290 valence electrons. The van der Waals surface area contributed by atoms with E-state index < -0.39 is 12.0 Å². The van der Waals surface area contributed by atoms with Crippen molar-refractivity contribution in [2.75, 3.05) is 5.32 Å². The lowest BCUT2D eigenvalue weighted by molar-refractivity contribution is -0.595. The molecule has 2 aromatic heterocycles. The number of rotatable bonds is 23. The van der Waals surface area contributed by atoms with Crippen LogP contribution in [-0.2, 0) is 11.2 Å². The van der Waals surface area contributed by atoms with E-state index in [1.165, 1.54) is 87.3 Å². The van der Waals surface area contributed by atoms with Crippen molar-refractivity contribution in [3.8, 4) is 17.1 Å². The number of nitrogens with one attached hydrogen (secondary N) is 2. The maximum atomic E-state index is 13.7. The lowest BCUT2D eigenvalue weighted by Gasteiger charge is -2.18. The number of benzene rings is 3. The highest BCUT2D eigenvalue weighted by atomic mass is 16.5. The maximum absolute atomic E-state index is 13.7. The molecule has 5 aromatic rings. The fourth-order valence-corrected chi connectivity index (χ4v) is 6.73. The predicted molar refractivity (Wildman–Crippen MR) is 220 cm³/mol. The van der Waals surface area contributed by atoms with E-state index in [9.17, 15) is 14.7 Å². The summed E-state index contributed by atoms with van der Waals surface area (Å²) < 4.78 is 9.15. The molecule has 9 heteroatoms. The normalized spacial score (nSPS) is 12.1. The number of anilines is 1. The number of carbonyl (C=O) groups is 1. The summed E-state index contributed by atoms with van der Waals surface area (Å²) in [6.45, 7) is 4.20. The number of hydrogen-bond acceptors (Lipinski definition) is 5. The third-order valence-corrected chi connectivity index (χ3v) is 9.86. The fraction of sp³-hybridized carbons (Fsp3) is 0.391. The summed E-state index contributed by atoms with van der Waals surface area (Å²) in [7, 11) is 0. The van der Waals surface area contributed by atoms with Crippen LogP contribution in [0.2, 0.25) is 0 Å². The van der Waals surface area contributed by atoms with Gasteiger partial charge in [0.05, 0.1) is 5.69 Å². The molecular weight excluding hydrogens is 687 g/mol. The fourth-order valence-electron chi connectivity index (χ4n) is 6.73. The van der Waals surface area contributed by atoms with Crippen molar-refractivity contribution in [2.45, 2.75) is 116 Å². The molecule has 1 unspecified atom stereocenters. The second-order valence-corrected chi connectivity index (χ2v) is 14.2. The average Bonchev–Trinajstić information content (AvgIpc) is 3.54. The predicted octanol–water partition coefficient (Wildman–Crippen LogP) is 9.31. The Labute approximate surface area is 326 Å². The topological polar surface area (TPSA) is 115 Å². The van der Waals surface area contributed by atoms with Gasteiger partial charge in [-0.25, -0.2) is 9.67 Å². The van der Waals surface area contributed by atoms with Gasteiger partial charge in [0.25, 0.3) is 5.91 Å². The molecule has 0 fully saturated rings. The monoisotopic (exact) mass is 743 g/mol. The van der Waals surface area contributed by atoms with Gasteiger partial charge in [0.15, 0.2) is 18.5 Å². The van der Waals surface area contributed by atoms with Crippen LogP contribution in [0.4, 0.5) is 11.5 Å². The zero-order valence-electron chi connectivity index (χ0n) is 32.6. The molecule has 0 saturated carbocycles. The Hall–Kier alpha value is -5.44. The van der Waals surface area contributed by atoms with Gasteiger partial charge in [-0.05, 0) is 72.7 Å². The van der Waals surface area contributed by atoms with Crippen LogP contribution < -0.4 is 25.3 Å². The Morgan fingerprint density at radius 2 is 1.40 bits per heavy atom. The number of carbonyl (C=O) groups excluding carboxylic acids is 1. The second kappa shape index (κ2) is 22.1. The van der Waals surface area contributed by atoms with E-state index in [1.807, 2.05) is 31.2 Å². The highest BCUT2D eigenvalue weighted by Gasteiger charge is 2.24. The van der Waals surface area contributed by atoms with Crippen LogP contribution in [-0.4, -0.2) is 27.7 Å². The minimum atomic E-state index is -0.672. The molecule has 0 aliphatic heterocycles. The number of ether oxygens (including phenoxy) is 1. The molecule has 0 spiro atoms. The summed E-state index contributed by atoms with van der Waals surface area (Å²) in [5.41, 5.74) is 2.53. The Balaban J connectivity index is 1.13. The zero-order valence-corrected chi connectivity index (χ0v) is 32.6. The highest BCUT2D eigenvalue weighted by Crippen LogP contribution is 2.21. The van der Waals surface area contributed by atoms with E-state index in [1.54, 1.807) is 77.6 Å². The Bertz CT molecular complexity index is 1970. The first-order valence-corrected chi connectivity index (χ1v) is 20.3. The number of aliphatic imine (C=N–C) groups is 1. The molecule has 2 N–H and O–H groups in total. The van der Waals surface area contributed by atoms with Crippen molar-refractivity contribution in [3.63, 3.8) is 0 Å². The van der Waals surface area contributed by atoms with E-state index in [0.717, 1.165) is 12.8 Å². The van der Waals surface area contributed by atoms with Gasteiger partial charge >= 0.3 is 11.2 Å². The quantitative estimate of drug-likeness (QED) is 0.0300. The van der Waals surface area contributed by atoms with Crippen LogP contribution >= 0.6 is 0 Å². The van der Waals surface area contributed by atoms with Crippen LogP contribution in [0.25, 0.3) is 11.4 Å². The largest absolute Gasteiger partial charge is 0.858 e. The van der Waals surface area contributed by atoms with Crippen LogP contribution in [0.15, 0.2) is 119 Å². The molecule has 3 aromatic carbocycles. The van der Waals surface area contributed by atoms with E-state index in [2.05, 4.69) is 34.5 Å². The third-order valence-electron chi connectivity index (χ3n) is 9.86. The molecule has 2 heterocycles. The Kier molecular flexibility index (Phi) is 16.3. The summed E-state index contributed by atoms with van der Waals surface area (Å²) in [6.07, 6.45) is 21.7. The smallest absolute Gasteiger partial charge is 0.346 e. The number of aromatic nitrogens is 3. The number of H-pyrrole nitrogens is 1. The molecule has 1 atom stereocenters. The molecule has 0 radical (unpaired) electrons. The first-order chi connectivity index (χ1) is 27.0. The summed E-state index contributed by atoms with van der Waals surface area (Å²) >= 11 is 0. The zero-order chi connectivity index (χ0) is 38.7. The Morgan fingerprint density at radius 3 is 2.04 bits per heavy atom. The molecule has 1 amide bonds. The minimum absolute atomic E-state index is 0.129. The second-order valence-electron chi connectivity index (χ2n) is 14.2. The van der Waals surface area contributed by atoms with Gasteiger partial charge in [-0.1, -0.05) is 139 Å². The van der Waals surface area contributed by atoms with Gasteiger partial charge in [0.2, 0.25) is 5.82 Å². The van der Waals surface area contributed by atoms with Gasteiger partial charge in [0, 0.05) is 17.8 Å². The van der Waals surface area contributed by atoms with Gasteiger partial charge in [-0.15, -0.1) is 0 Å². The first kappa shape index (κ1) is 40.7. The number of pyridine rings is 1. The molecule has 9 nitrogen and oxygen atoms in total. The SMILES string of the molecule is CCCCCCCCCCCCCCCc1cccc(OC(CC)C(=O)Nc2ccc(-n3[nH]c(N=C([O-])c4ccccc4)c(-[n+]4ccccc4)c3=O)cc2)c1.